The minimum absolute atomic E-state index is 0.320. The summed E-state index contributed by atoms with van der Waals surface area (Å²) in [4.78, 5) is 20.2. The molecule has 2 N–H and O–H groups in total. The Morgan fingerprint density at radius 2 is 2.17 bits per heavy atom. The quantitative estimate of drug-likeness (QED) is 0.748. The van der Waals surface area contributed by atoms with Crippen molar-refractivity contribution in [3.63, 3.8) is 0 Å². The topological polar surface area (TPSA) is 94.0 Å². The van der Waals surface area contributed by atoms with Gasteiger partial charge in [0.25, 0.3) is 0 Å². The summed E-state index contributed by atoms with van der Waals surface area (Å²) in [5, 5.41) is 9.62. The number of pyridine rings is 2. The van der Waals surface area contributed by atoms with Gasteiger partial charge in [-0.25, -0.2) is 19.4 Å². The Morgan fingerprint density at radius 3 is 2.88 bits per heavy atom. The van der Waals surface area contributed by atoms with Gasteiger partial charge in [-0.15, -0.1) is 0 Å². The number of aromatic nitrogens is 4. The van der Waals surface area contributed by atoms with E-state index in [2.05, 4.69) is 25.7 Å². The molecule has 8 nitrogen and oxygen atoms in total. The van der Waals surface area contributed by atoms with Crippen molar-refractivity contribution in [2.45, 2.75) is 6.54 Å². The molecule has 0 saturated heterocycles. The summed E-state index contributed by atoms with van der Waals surface area (Å²) < 4.78 is 6.63. The third kappa shape index (κ3) is 3.86. The average molecular weight is 324 g/mol. The number of rotatable bonds is 5. The lowest BCUT2D eigenvalue weighted by Gasteiger charge is -2.09. The summed E-state index contributed by atoms with van der Waals surface area (Å²) in [6, 6.07) is 8.59. The highest BCUT2D eigenvalue weighted by atomic mass is 16.5. The lowest BCUT2D eigenvalue weighted by Crippen LogP contribution is -2.28. The van der Waals surface area contributed by atoms with Crippen LogP contribution < -0.4 is 15.4 Å². The van der Waals surface area contributed by atoms with Gasteiger partial charge in [-0.1, -0.05) is 0 Å². The van der Waals surface area contributed by atoms with Crippen molar-refractivity contribution in [1.29, 1.82) is 0 Å². The number of amides is 2. The Morgan fingerprint density at radius 1 is 1.25 bits per heavy atom. The van der Waals surface area contributed by atoms with E-state index >= 15 is 0 Å². The summed E-state index contributed by atoms with van der Waals surface area (Å²) in [5.41, 5.74) is 1.50. The predicted molar refractivity (Wildman–Crippen MR) is 88.0 cm³/mol. The van der Waals surface area contributed by atoms with Crippen LogP contribution in [0.5, 0.6) is 5.88 Å². The minimum atomic E-state index is -0.320. The van der Waals surface area contributed by atoms with Crippen molar-refractivity contribution < 1.29 is 9.53 Å². The largest absolute Gasteiger partial charge is 0.481 e. The van der Waals surface area contributed by atoms with Gasteiger partial charge in [0.05, 0.1) is 19.0 Å². The molecule has 8 heteroatoms. The molecule has 0 spiro atoms. The first kappa shape index (κ1) is 15.5. The second-order valence-electron chi connectivity index (χ2n) is 4.87. The first-order valence-corrected chi connectivity index (χ1v) is 7.24. The Labute approximate surface area is 138 Å². The summed E-state index contributed by atoms with van der Waals surface area (Å²) in [7, 11) is 1.54. The third-order valence-corrected chi connectivity index (χ3v) is 3.21. The molecule has 0 aliphatic carbocycles. The van der Waals surface area contributed by atoms with Gasteiger partial charge in [-0.2, -0.15) is 5.10 Å². The van der Waals surface area contributed by atoms with Crippen LogP contribution in [0.4, 0.5) is 10.5 Å². The number of nitrogens with zero attached hydrogens (tertiary/aromatic N) is 4. The van der Waals surface area contributed by atoms with Crippen molar-refractivity contribution in [2.24, 2.45) is 0 Å². The fourth-order valence-corrected chi connectivity index (χ4v) is 2.03. The van der Waals surface area contributed by atoms with Crippen LogP contribution in [0.15, 0.2) is 55.1 Å². The zero-order chi connectivity index (χ0) is 16.8. The molecule has 122 valence electrons. The molecule has 0 aliphatic heterocycles. The number of ether oxygens (including phenoxy) is 1. The molecule has 0 fully saturated rings. The number of hydrogen-bond donors (Lipinski definition) is 2. The van der Waals surface area contributed by atoms with Crippen molar-refractivity contribution >= 4 is 11.7 Å². The smallest absolute Gasteiger partial charge is 0.319 e. The van der Waals surface area contributed by atoms with Crippen LogP contribution in [0.2, 0.25) is 0 Å². The van der Waals surface area contributed by atoms with Gasteiger partial charge in [0.15, 0.2) is 5.82 Å². The summed E-state index contributed by atoms with van der Waals surface area (Å²) >= 11 is 0. The maximum Gasteiger partial charge on any atom is 0.319 e. The van der Waals surface area contributed by atoms with Crippen molar-refractivity contribution in [3.05, 3.63) is 60.7 Å². The predicted octanol–water partition coefficient (Wildman–Crippen LogP) is 1.99. The number of anilines is 1. The zero-order valence-corrected chi connectivity index (χ0v) is 13.0. The van der Waals surface area contributed by atoms with Crippen LogP contribution in [0.1, 0.15) is 5.56 Å². The third-order valence-electron chi connectivity index (χ3n) is 3.21. The molecular formula is C16H16N6O2. The number of carbonyl (C=O) groups is 1. The maximum atomic E-state index is 11.9. The van der Waals surface area contributed by atoms with E-state index in [1.807, 2.05) is 24.4 Å². The molecule has 3 aromatic heterocycles. The van der Waals surface area contributed by atoms with E-state index < -0.39 is 0 Å². The maximum absolute atomic E-state index is 11.9. The molecule has 2 amide bonds. The Hall–Kier alpha value is -3.42. The van der Waals surface area contributed by atoms with Gasteiger partial charge in [0.2, 0.25) is 5.88 Å². The van der Waals surface area contributed by atoms with Crippen molar-refractivity contribution in [2.75, 3.05) is 12.4 Å². The Balaban J connectivity index is 1.57. The summed E-state index contributed by atoms with van der Waals surface area (Å²) in [6.07, 6.45) is 6.70. The molecule has 24 heavy (non-hydrogen) atoms. The molecular weight excluding hydrogens is 308 g/mol. The molecule has 3 rings (SSSR count). The molecule has 0 aliphatic rings. The van der Waals surface area contributed by atoms with Crippen LogP contribution in [0.25, 0.3) is 5.82 Å². The highest BCUT2D eigenvalue weighted by Gasteiger charge is 2.04. The SMILES string of the molecule is COc1ccc(NC(=O)NCc2ccnc(-n3cccn3)c2)cn1. The van der Waals surface area contributed by atoms with Crippen molar-refractivity contribution in [1.82, 2.24) is 25.1 Å². The Bertz CT molecular complexity index is 802. The van der Waals surface area contributed by atoms with E-state index in [1.165, 1.54) is 13.3 Å². The molecule has 0 atom stereocenters. The number of carbonyl (C=O) groups excluding carboxylic acids is 1. The van der Waals surface area contributed by atoms with Crippen LogP contribution in [0, 0.1) is 0 Å². The van der Waals surface area contributed by atoms with Crippen LogP contribution in [0.3, 0.4) is 0 Å². The molecule has 0 aromatic carbocycles. The van der Waals surface area contributed by atoms with E-state index in [-0.39, 0.29) is 6.03 Å². The van der Waals surface area contributed by atoms with Crippen molar-refractivity contribution in [3.8, 4) is 11.7 Å². The van der Waals surface area contributed by atoms with E-state index in [9.17, 15) is 4.79 Å². The fourth-order valence-electron chi connectivity index (χ4n) is 2.03. The molecule has 0 radical (unpaired) electrons. The lowest BCUT2D eigenvalue weighted by molar-refractivity contribution is 0.251. The van der Waals surface area contributed by atoms with Crippen LogP contribution in [-0.4, -0.2) is 32.9 Å². The molecule has 3 aromatic rings. The van der Waals surface area contributed by atoms with Gasteiger partial charge in [-0.05, 0) is 29.8 Å². The zero-order valence-electron chi connectivity index (χ0n) is 13.0. The highest BCUT2D eigenvalue weighted by Crippen LogP contribution is 2.11. The standard InChI is InChI=1S/C16H16N6O2/c1-24-15-4-3-13(11-18-15)21-16(23)19-10-12-5-7-17-14(9-12)22-8-2-6-20-22/h2-9,11H,10H2,1H3,(H2,19,21,23). The summed E-state index contributed by atoms with van der Waals surface area (Å²) in [5.74, 6) is 1.18. The first-order valence-electron chi connectivity index (χ1n) is 7.24. The molecule has 0 unspecified atom stereocenters. The number of hydrogen-bond acceptors (Lipinski definition) is 5. The molecule has 0 saturated carbocycles. The normalized spacial score (nSPS) is 10.2. The van der Waals surface area contributed by atoms with E-state index in [4.69, 9.17) is 4.74 Å². The second kappa shape index (κ2) is 7.23. The second-order valence-corrected chi connectivity index (χ2v) is 4.87. The molecule has 0 bridgehead atoms. The van der Waals surface area contributed by atoms with Gasteiger partial charge in [0, 0.05) is 31.2 Å². The monoisotopic (exact) mass is 324 g/mol. The van der Waals surface area contributed by atoms with E-state index in [0.29, 0.717) is 23.9 Å². The van der Waals surface area contributed by atoms with Gasteiger partial charge in [-0.3, -0.25) is 0 Å². The lowest BCUT2D eigenvalue weighted by atomic mass is 10.2. The summed E-state index contributed by atoms with van der Waals surface area (Å²) in [6.45, 7) is 0.367. The van der Waals surface area contributed by atoms with E-state index in [1.54, 1.807) is 29.2 Å². The number of urea groups is 1. The minimum Gasteiger partial charge on any atom is -0.481 e. The fraction of sp³-hybridized carbons (Fsp3) is 0.125. The number of nitrogens with one attached hydrogen (secondary N) is 2. The van der Waals surface area contributed by atoms with Crippen LogP contribution in [-0.2, 0) is 6.54 Å². The highest BCUT2D eigenvalue weighted by molar-refractivity contribution is 5.88. The van der Waals surface area contributed by atoms with E-state index in [0.717, 1.165) is 5.56 Å². The Kier molecular flexibility index (Phi) is 4.66. The van der Waals surface area contributed by atoms with Crippen LogP contribution >= 0.6 is 0 Å². The number of methoxy groups -OCH3 is 1. The van der Waals surface area contributed by atoms with Gasteiger partial charge >= 0.3 is 6.03 Å². The first-order chi connectivity index (χ1) is 11.7. The molecule has 3 heterocycles. The van der Waals surface area contributed by atoms with Gasteiger partial charge in [0.1, 0.15) is 0 Å². The average Bonchev–Trinajstić information content (AvgIpc) is 3.16. The van der Waals surface area contributed by atoms with Gasteiger partial charge < -0.3 is 15.4 Å².